The van der Waals surface area contributed by atoms with E-state index in [1.165, 1.54) is 45.6 Å². The molecular weight excluding hydrogens is 433 g/mol. The zero-order chi connectivity index (χ0) is 21.1. The molecule has 0 fully saturated rings. The lowest BCUT2D eigenvalue weighted by molar-refractivity contribution is 0.0601. The minimum Gasteiger partial charge on any atom is -0.493 e. The summed E-state index contributed by atoms with van der Waals surface area (Å²) < 4.78 is 48.6. The number of anilines is 1. The quantitative estimate of drug-likeness (QED) is 0.644. The van der Waals surface area contributed by atoms with E-state index in [0.29, 0.717) is 0 Å². The lowest BCUT2D eigenvalue weighted by atomic mass is 10.1. The van der Waals surface area contributed by atoms with Gasteiger partial charge in [-0.2, -0.15) is 0 Å². The topological polar surface area (TPSA) is 100 Å². The largest absolute Gasteiger partial charge is 0.493 e. The summed E-state index contributed by atoms with van der Waals surface area (Å²) in [6.07, 6.45) is 0. The van der Waals surface area contributed by atoms with Crippen LogP contribution in [0, 0.1) is 0 Å². The van der Waals surface area contributed by atoms with Crippen molar-refractivity contribution in [3.05, 3.63) is 39.9 Å². The molecule has 0 heterocycles. The van der Waals surface area contributed by atoms with E-state index in [-0.39, 0.29) is 43.4 Å². The zero-order valence-electron chi connectivity index (χ0n) is 15.3. The third-order valence-electron chi connectivity index (χ3n) is 3.65. The first-order valence-electron chi connectivity index (χ1n) is 7.59. The lowest BCUT2D eigenvalue weighted by Gasteiger charge is -2.20. The Labute approximate surface area is 172 Å². The summed E-state index contributed by atoms with van der Waals surface area (Å²) in [7, 11) is 0.865. The van der Waals surface area contributed by atoms with Gasteiger partial charge in [0.2, 0.25) is 5.75 Å². The highest BCUT2D eigenvalue weighted by atomic mass is 35.5. The first-order valence-corrected chi connectivity index (χ1v) is 9.83. The van der Waals surface area contributed by atoms with Crippen LogP contribution in [-0.4, -0.2) is 42.8 Å². The second-order valence-corrected chi connectivity index (χ2v) is 7.73. The molecule has 0 aromatic heterocycles. The summed E-state index contributed by atoms with van der Waals surface area (Å²) in [5, 5.41) is 0.105. The fourth-order valence-corrected chi connectivity index (χ4v) is 4.25. The molecule has 0 aliphatic rings. The number of benzene rings is 2. The summed E-state index contributed by atoms with van der Waals surface area (Å²) >= 11 is 11.9. The Bertz CT molecular complexity index is 1010. The Kier molecular flexibility index (Phi) is 6.87. The average molecular weight is 450 g/mol. The molecule has 152 valence electrons. The van der Waals surface area contributed by atoms with E-state index in [2.05, 4.69) is 4.72 Å². The van der Waals surface area contributed by atoms with Crippen LogP contribution >= 0.6 is 23.2 Å². The zero-order valence-corrected chi connectivity index (χ0v) is 17.7. The van der Waals surface area contributed by atoms with Crippen LogP contribution in [0.15, 0.2) is 29.2 Å². The maximum absolute atomic E-state index is 12.9. The maximum atomic E-state index is 12.9. The van der Waals surface area contributed by atoms with Crippen molar-refractivity contribution in [3.8, 4) is 17.2 Å². The molecule has 0 saturated heterocycles. The highest BCUT2D eigenvalue weighted by Crippen LogP contribution is 2.46. The number of carbonyl (C=O) groups is 1. The number of methoxy groups -OCH3 is 4. The van der Waals surface area contributed by atoms with Crippen LogP contribution in [0.2, 0.25) is 10.0 Å². The van der Waals surface area contributed by atoms with Gasteiger partial charge in [-0.25, -0.2) is 13.2 Å². The number of halogens is 2. The molecule has 0 radical (unpaired) electrons. The minimum atomic E-state index is -4.26. The molecule has 11 heteroatoms. The summed E-state index contributed by atoms with van der Waals surface area (Å²) in [5.74, 6) is -0.686. The van der Waals surface area contributed by atoms with Gasteiger partial charge < -0.3 is 18.9 Å². The van der Waals surface area contributed by atoms with Crippen molar-refractivity contribution in [2.45, 2.75) is 4.90 Å². The molecule has 0 atom stereocenters. The molecule has 0 bridgehead atoms. The molecule has 0 unspecified atom stereocenters. The van der Waals surface area contributed by atoms with Crippen LogP contribution in [0.25, 0.3) is 0 Å². The third-order valence-corrected chi connectivity index (χ3v) is 5.72. The van der Waals surface area contributed by atoms with Crippen LogP contribution in [0.3, 0.4) is 0 Å². The molecule has 1 N–H and O–H groups in total. The summed E-state index contributed by atoms with van der Waals surface area (Å²) in [4.78, 5) is 12.0. The first kappa shape index (κ1) is 21.9. The monoisotopic (exact) mass is 449 g/mol. The number of nitrogens with one attached hydrogen (secondary N) is 1. The fraction of sp³-hybridized carbons (Fsp3) is 0.235. The molecule has 0 aliphatic heterocycles. The van der Waals surface area contributed by atoms with Crippen molar-refractivity contribution < 1.29 is 32.2 Å². The maximum Gasteiger partial charge on any atom is 0.340 e. The SMILES string of the molecule is COC(=O)c1cc(OC)c(OC)c(OC)c1NS(=O)(=O)c1cc(Cl)ccc1Cl. The van der Waals surface area contributed by atoms with Crippen LogP contribution in [0.1, 0.15) is 10.4 Å². The second kappa shape index (κ2) is 8.76. The Morgan fingerprint density at radius 2 is 1.61 bits per heavy atom. The molecule has 0 aliphatic carbocycles. The van der Waals surface area contributed by atoms with Crippen molar-refractivity contribution in [1.29, 1.82) is 0 Å². The van der Waals surface area contributed by atoms with Crippen molar-refractivity contribution in [3.63, 3.8) is 0 Å². The van der Waals surface area contributed by atoms with Gasteiger partial charge in [0.25, 0.3) is 10.0 Å². The Morgan fingerprint density at radius 3 is 2.14 bits per heavy atom. The molecule has 2 rings (SSSR count). The number of ether oxygens (including phenoxy) is 4. The third kappa shape index (κ3) is 4.21. The Hall–Kier alpha value is -2.36. The number of carbonyl (C=O) groups excluding carboxylic acids is 1. The normalized spacial score (nSPS) is 10.9. The van der Waals surface area contributed by atoms with E-state index in [1.807, 2.05) is 0 Å². The fourth-order valence-electron chi connectivity index (χ4n) is 2.40. The number of rotatable bonds is 7. The molecule has 0 spiro atoms. The Morgan fingerprint density at radius 1 is 0.964 bits per heavy atom. The lowest BCUT2D eigenvalue weighted by Crippen LogP contribution is -2.18. The number of hydrogen-bond acceptors (Lipinski definition) is 7. The second-order valence-electron chi connectivity index (χ2n) is 5.24. The van der Waals surface area contributed by atoms with Gasteiger partial charge in [-0.15, -0.1) is 0 Å². The highest BCUT2D eigenvalue weighted by Gasteiger charge is 2.29. The average Bonchev–Trinajstić information content (AvgIpc) is 2.68. The van der Waals surface area contributed by atoms with Gasteiger partial charge in [0.1, 0.15) is 10.6 Å². The number of hydrogen-bond donors (Lipinski definition) is 1. The van der Waals surface area contributed by atoms with Gasteiger partial charge in [0, 0.05) is 11.1 Å². The van der Waals surface area contributed by atoms with Crippen LogP contribution in [0.4, 0.5) is 5.69 Å². The van der Waals surface area contributed by atoms with Crippen LogP contribution in [0.5, 0.6) is 17.2 Å². The van der Waals surface area contributed by atoms with E-state index in [4.69, 9.17) is 42.1 Å². The van der Waals surface area contributed by atoms with E-state index < -0.39 is 16.0 Å². The van der Waals surface area contributed by atoms with Crippen molar-refractivity contribution in [1.82, 2.24) is 0 Å². The summed E-state index contributed by atoms with van der Waals surface area (Å²) in [5.41, 5.74) is -0.359. The molecular formula is C17H17Cl2NO7S. The standard InChI is InChI=1S/C17H17Cl2NO7S/c1-24-12-8-10(17(21)27-4)14(16(26-3)15(12)25-2)20-28(22,23)13-7-9(18)5-6-11(13)19/h5-8,20H,1-4H3. The first-order chi connectivity index (χ1) is 13.2. The van der Waals surface area contributed by atoms with E-state index >= 15 is 0 Å². The predicted octanol–water partition coefficient (Wildman–Crippen LogP) is 3.61. The van der Waals surface area contributed by atoms with E-state index in [1.54, 1.807) is 0 Å². The molecule has 2 aromatic rings. The molecule has 0 amide bonds. The van der Waals surface area contributed by atoms with E-state index in [0.717, 1.165) is 7.11 Å². The van der Waals surface area contributed by atoms with Crippen molar-refractivity contribution in [2.24, 2.45) is 0 Å². The summed E-state index contributed by atoms with van der Waals surface area (Å²) in [6, 6.07) is 5.23. The molecule has 8 nitrogen and oxygen atoms in total. The van der Waals surface area contributed by atoms with Gasteiger partial charge in [-0.05, 0) is 18.2 Å². The smallest absolute Gasteiger partial charge is 0.340 e. The summed E-state index contributed by atoms with van der Waals surface area (Å²) in [6.45, 7) is 0. The van der Waals surface area contributed by atoms with Crippen LogP contribution < -0.4 is 18.9 Å². The Balaban J connectivity index is 2.75. The number of esters is 1. The highest BCUT2D eigenvalue weighted by molar-refractivity contribution is 7.92. The van der Waals surface area contributed by atoms with Crippen molar-refractivity contribution >= 4 is 44.9 Å². The van der Waals surface area contributed by atoms with Gasteiger partial charge in [-0.1, -0.05) is 23.2 Å². The van der Waals surface area contributed by atoms with Crippen molar-refractivity contribution in [2.75, 3.05) is 33.2 Å². The van der Waals surface area contributed by atoms with Crippen LogP contribution in [-0.2, 0) is 14.8 Å². The molecule has 0 saturated carbocycles. The van der Waals surface area contributed by atoms with Gasteiger partial charge in [0.15, 0.2) is 11.5 Å². The van der Waals surface area contributed by atoms with E-state index in [9.17, 15) is 13.2 Å². The van der Waals surface area contributed by atoms with Gasteiger partial charge in [0.05, 0.1) is 39.0 Å². The van der Waals surface area contributed by atoms with Gasteiger partial charge in [-0.3, -0.25) is 4.72 Å². The van der Waals surface area contributed by atoms with Gasteiger partial charge >= 0.3 is 5.97 Å². The number of sulfonamides is 1. The molecule has 2 aromatic carbocycles. The predicted molar refractivity (Wildman–Crippen MR) is 105 cm³/mol. The minimum absolute atomic E-state index is 0.0593. The molecule has 28 heavy (non-hydrogen) atoms.